The fourth-order valence-electron chi connectivity index (χ4n) is 4.04. The van der Waals surface area contributed by atoms with E-state index in [9.17, 15) is 18.0 Å². The van der Waals surface area contributed by atoms with Crippen molar-refractivity contribution in [3.63, 3.8) is 0 Å². The van der Waals surface area contributed by atoms with Crippen LogP contribution in [0.1, 0.15) is 31.9 Å². The van der Waals surface area contributed by atoms with E-state index < -0.39 is 34.1 Å². The van der Waals surface area contributed by atoms with E-state index in [1.54, 1.807) is 24.3 Å². The van der Waals surface area contributed by atoms with Crippen LogP contribution in [0.15, 0.2) is 87.8 Å². The zero-order valence-corrected chi connectivity index (χ0v) is 26.4. The second kappa shape index (κ2) is 13.1. The number of carbonyl (C=O) groups is 2. The molecule has 1 N–H and O–H groups in total. The molecule has 10 heteroatoms. The molecule has 0 bridgehead atoms. The van der Waals surface area contributed by atoms with Gasteiger partial charge in [0, 0.05) is 27.4 Å². The molecule has 0 aliphatic rings. The van der Waals surface area contributed by atoms with Crippen molar-refractivity contribution in [1.29, 1.82) is 0 Å². The lowest BCUT2D eigenvalue weighted by Gasteiger charge is -2.35. The maximum atomic E-state index is 14.1. The van der Waals surface area contributed by atoms with Crippen molar-refractivity contribution in [2.45, 2.75) is 45.3 Å². The molecule has 1 unspecified atom stereocenters. The Hall–Kier alpha value is -2.69. The van der Waals surface area contributed by atoms with Crippen LogP contribution >= 0.6 is 31.9 Å². The Morgan fingerprint density at radius 2 is 1.51 bits per heavy atom. The molecule has 0 saturated carbocycles. The fourth-order valence-corrected chi connectivity index (χ4v) is 5.53. The molecule has 0 radical (unpaired) electrons. The molecule has 0 aliphatic carbocycles. The highest BCUT2D eigenvalue weighted by atomic mass is 79.9. The Morgan fingerprint density at radius 3 is 2.08 bits per heavy atom. The summed E-state index contributed by atoms with van der Waals surface area (Å²) in [4.78, 5) is 29.2. The average molecular weight is 679 g/mol. The summed E-state index contributed by atoms with van der Waals surface area (Å²) in [6.07, 6.45) is 1.33. The van der Waals surface area contributed by atoms with E-state index in [2.05, 4.69) is 37.2 Å². The van der Waals surface area contributed by atoms with Crippen LogP contribution in [-0.4, -0.2) is 49.5 Å². The Morgan fingerprint density at radius 1 is 0.872 bits per heavy atom. The third-order valence-corrected chi connectivity index (χ3v) is 7.97. The zero-order chi connectivity index (χ0) is 28.8. The van der Waals surface area contributed by atoms with Gasteiger partial charge in [0.25, 0.3) is 0 Å². The number of halogens is 2. The van der Waals surface area contributed by atoms with Crippen molar-refractivity contribution in [3.05, 3.63) is 98.9 Å². The first-order valence-electron chi connectivity index (χ1n) is 12.4. The van der Waals surface area contributed by atoms with Gasteiger partial charge in [-0.3, -0.25) is 13.9 Å². The van der Waals surface area contributed by atoms with Gasteiger partial charge in [-0.15, -0.1) is 0 Å². The first-order valence-corrected chi connectivity index (χ1v) is 15.8. The second-order valence-electron chi connectivity index (χ2n) is 10.3. The highest BCUT2D eigenvalue weighted by molar-refractivity contribution is 9.10. The molecule has 3 aromatic rings. The lowest BCUT2D eigenvalue weighted by atomic mass is 10.0. The summed E-state index contributed by atoms with van der Waals surface area (Å²) in [5.74, 6) is -0.807. The Bertz CT molecular complexity index is 1390. The van der Waals surface area contributed by atoms with Crippen LogP contribution in [0.5, 0.6) is 0 Å². The summed E-state index contributed by atoms with van der Waals surface area (Å²) >= 11 is 6.81. The number of nitrogens with zero attached hydrogens (tertiary/aromatic N) is 2. The maximum absolute atomic E-state index is 14.1. The van der Waals surface area contributed by atoms with E-state index in [1.165, 1.54) is 4.90 Å². The van der Waals surface area contributed by atoms with Gasteiger partial charge >= 0.3 is 0 Å². The smallest absolute Gasteiger partial charge is 0.244 e. The number of nitrogens with one attached hydrogen (secondary N) is 1. The average Bonchev–Trinajstić information content (AvgIpc) is 2.84. The second-order valence-corrected chi connectivity index (χ2v) is 14.1. The van der Waals surface area contributed by atoms with Crippen LogP contribution in [0.4, 0.5) is 5.69 Å². The molecular formula is C29H33Br2N3O4S. The van der Waals surface area contributed by atoms with Crippen molar-refractivity contribution in [1.82, 2.24) is 10.2 Å². The number of hydrogen-bond acceptors (Lipinski definition) is 4. The van der Waals surface area contributed by atoms with Gasteiger partial charge in [0.2, 0.25) is 21.8 Å². The van der Waals surface area contributed by atoms with E-state index in [0.717, 1.165) is 26.2 Å². The van der Waals surface area contributed by atoms with Crippen molar-refractivity contribution >= 4 is 59.4 Å². The van der Waals surface area contributed by atoms with Crippen molar-refractivity contribution in [2.24, 2.45) is 0 Å². The Balaban J connectivity index is 2.07. The van der Waals surface area contributed by atoms with E-state index in [4.69, 9.17) is 0 Å². The molecule has 0 heterocycles. The number of anilines is 1. The normalized spacial score (nSPS) is 12.5. The van der Waals surface area contributed by atoms with Gasteiger partial charge in [-0.1, -0.05) is 80.4 Å². The first kappa shape index (κ1) is 30.8. The minimum atomic E-state index is -3.82. The highest BCUT2D eigenvalue weighted by Gasteiger charge is 2.34. The molecule has 3 rings (SSSR count). The summed E-state index contributed by atoms with van der Waals surface area (Å²) in [6, 6.07) is 22.8. The van der Waals surface area contributed by atoms with Crippen LogP contribution < -0.4 is 9.62 Å². The number of benzene rings is 3. The number of rotatable bonds is 10. The van der Waals surface area contributed by atoms with Gasteiger partial charge in [-0.05, 0) is 62.2 Å². The largest absolute Gasteiger partial charge is 0.350 e. The van der Waals surface area contributed by atoms with E-state index in [0.29, 0.717) is 10.2 Å². The summed E-state index contributed by atoms with van der Waals surface area (Å²) < 4.78 is 28.3. The van der Waals surface area contributed by atoms with Gasteiger partial charge in [0.05, 0.1) is 11.9 Å². The summed E-state index contributed by atoms with van der Waals surface area (Å²) in [5, 5.41) is 3.01. The van der Waals surface area contributed by atoms with Crippen molar-refractivity contribution < 1.29 is 18.0 Å². The Kier molecular flexibility index (Phi) is 10.4. The predicted octanol–water partition coefficient (Wildman–Crippen LogP) is 5.53. The maximum Gasteiger partial charge on any atom is 0.244 e. The SMILES string of the molecule is CC(C)(C)NC(=O)C(Cc1ccccc1)N(Cc1ccc(Br)cc1)C(=O)CN(c1cccc(Br)c1)S(C)(=O)=O. The first-order chi connectivity index (χ1) is 18.2. The zero-order valence-electron chi connectivity index (χ0n) is 22.4. The molecular weight excluding hydrogens is 646 g/mol. The van der Waals surface area contributed by atoms with E-state index in [-0.39, 0.29) is 18.9 Å². The highest BCUT2D eigenvalue weighted by Crippen LogP contribution is 2.24. The van der Waals surface area contributed by atoms with Crippen LogP contribution in [0.3, 0.4) is 0 Å². The van der Waals surface area contributed by atoms with Gasteiger partial charge in [-0.2, -0.15) is 0 Å². The topological polar surface area (TPSA) is 86.8 Å². The van der Waals surface area contributed by atoms with Gasteiger partial charge in [-0.25, -0.2) is 8.42 Å². The van der Waals surface area contributed by atoms with E-state index >= 15 is 0 Å². The number of sulfonamides is 1. The molecule has 0 spiro atoms. The molecule has 208 valence electrons. The summed E-state index contributed by atoms with van der Waals surface area (Å²) in [5.41, 5.74) is 1.50. The fraction of sp³-hybridized carbons (Fsp3) is 0.310. The molecule has 0 saturated heterocycles. The molecule has 1 atom stereocenters. The molecule has 39 heavy (non-hydrogen) atoms. The minimum absolute atomic E-state index is 0.122. The number of amides is 2. The summed E-state index contributed by atoms with van der Waals surface area (Å²) in [6.45, 7) is 5.30. The third kappa shape index (κ3) is 9.47. The molecule has 0 fully saturated rings. The van der Waals surface area contributed by atoms with Crippen LogP contribution in [0.25, 0.3) is 0 Å². The van der Waals surface area contributed by atoms with Crippen LogP contribution in [0.2, 0.25) is 0 Å². The standard InChI is InChI=1S/C29H33Br2N3O4S/c1-29(2,3)32-28(36)26(17-21-9-6-5-7-10-21)33(19-22-13-15-23(30)16-14-22)27(35)20-34(39(4,37)38)25-12-8-11-24(31)18-25/h5-16,18,26H,17,19-20H2,1-4H3,(H,32,36). The molecule has 2 amide bonds. The summed E-state index contributed by atoms with van der Waals surface area (Å²) in [7, 11) is -3.82. The predicted molar refractivity (Wildman–Crippen MR) is 163 cm³/mol. The lowest BCUT2D eigenvalue weighted by molar-refractivity contribution is -0.140. The molecule has 7 nitrogen and oxygen atoms in total. The van der Waals surface area contributed by atoms with E-state index in [1.807, 2.05) is 75.4 Å². The van der Waals surface area contributed by atoms with Crippen molar-refractivity contribution in [3.8, 4) is 0 Å². The molecule has 0 aliphatic heterocycles. The van der Waals surface area contributed by atoms with Crippen LogP contribution in [0, 0.1) is 0 Å². The quantitative estimate of drug-likeness (QED) is 0.306. The third-order valence-electron chi connectivity index (χ3n) is 5.81. The lowest BCUT2D eigenvalue weighted by Crippen LogP contribution is -2.56. The molecule has 0 aromatic heterocycles. The number of carbonyl (C=O) groups excluding carboxylic acids is 2. The van der Waals surface area contributed by atoms with Crippen LogP contribution in [-0.2, 0) is 32.6 Å². The Labute approximate surface area is 247 Å². The number of hydrogen-bond donors (Lipinski definition) is 1. The molecule has 3 aromatic carbocycles. The van der Waals surface area contributed by atoms with Gasteiger partial charge < -0.3 is 10.2 Å². The van der Waals surface area contributed by atoms with Gasteiger partial charge in [0.1, 0.15) is 12.6 Å². The monoisotopic (exact) mass is 677 g/mol. The van der Waals surface area contributed by atoms with Gasteiger partial charge in [0.15, 0.2) is 0 Å². The minimum Gasteiger partial charge on any atom is -0.350 e. The van der Waals surface area contributed by atoms with Crippen molar-refractivity contribution in [2.75, 3.05) is 17.1 Å².